The summed E-state index contributed by atoms with van der Waals surface area (Å²) in [5.41, 5.74) is 0.297. The molecule has 0 N–H and O–H groups in total. The maximum absolute atomic E-state index is 13.0. The summed E-state index contributed by atoms with van der Waals surface area (Å²) in [6, 6.07) is 9.14. The molecular formula is C19H22ClF3N4O. The summed E-state index contributed by atoms with van der Waals surface area (Å²) in [6.45, 7) is 2.22. The van der Waals surface area contributed by atoms with Gasteiger partial charge in [0, 0.05) is 37.8 Å². The normalized spacial score (nSPS) is 24.8. The SMILES string of the molecule is COc1ccc([C@H]2[C@@H]3CN(c4nccc(C(F)(F)F)n4)C[C@@H]3CN2C)cc1.Cl. The van der Waals surface area contributed by atoms with Gasteiger partial charge in [-0.3, -0.25) is 4.90 Å². The Kier molecular flexibility index (Phi) is 5.72. The molecule has 152 valence electrons. The maximum Gasteiger partial charge on any atom is 0.433 e. The molecule has 28 heavy (non-hydrogen) atoms. The number of likely N-dealkylation sites (tertiary alicyclic amines) is 1. The first-order valence-electron chi connectivity index (χ1n) is 8.86. The number of aromatic nitrogens is 2. The van der Waals surface area contributed by atoms with Crippen molar-refractivity contribution in [1.82, 2.24) is 14.9 Å². The van der Waals surface area contributed by atoms with E-state index >= 15 is 0 Å². The van der Waals surface area contributed by atoms with E-state index in [-0.39, 0.29) is 24.4 Å². The fourth-order valence-corrected chi connectivity index (χ4v) is 4.38. The second-order valence-electron chi connectivity index (χ2n) is 7.23. The number of halogens is 4. The van der Waals surface area contributed by atoms with Crippen LogP contribution in [0.15, 0.2) is 36.5 Å². The molecule has 0 bridgehead atoms. The molecule has 2 saturated heterocycles. The maximum atomic E-state index is 13.0. The topological polar surface area (TPSA) is 41.5 Å². The van der Waals surface area contributed by atoms with Crippen molar-refractivity contribution in [2.45, 2.75) is 12.2 Å². The molecule has 2 aromatic rings. The number of hydrogen-bond acceptors (Lipinski definition) is 5. The lowest BCUT2D eigenvalue weighted by Gasteiger charge is -2.27. The Bertz CT molecular complexity index is 818. The summed E-state index contributed by atoms with van der Waals surface area (Å²) < 4.78 is 44.1. The first kappa shape index (κ1) is 20.7. The van der Waals surface area contributed by atoms with Crippen molar-refractivity contribution in [3.63, 3.8) is 0 Å². The van der Waals surface area contributed by atoms with Gasteiger partial charge in [-0.2, -0.15) is 13.2 Å². The van der Waals surface area contributed by atoms with Gasteiger partial charge in [-0.15, -0.1) is 12.4 Å². The molecule has 3 heterocycles. The van der Waals surface area contributed by atoms with E-state index < -0.39 is 11.9 Å². The summed E-state index contributed by atoms with van der Waals surface area (Å²) in [5.74, 6) is 1.67. The third-order valence-corrected chi connectivity index (χ3v) is 5.57. The zero-order chi connectivity index (χ0) is 19.2. The lowest BCUT2D eigenvalue weighted by molar-refractivity contribution is -0.141. The van der Waals surface area contributed by atoms with Crippen molar-refractivity contribution >= 4 is 18.4 Å². The summed E-state index contributed by atoms with van der Waals surface area (Å²) in [7, 11) is 3.73. The van der Waals surface area contributed by atoms with Crippen molar-refractivity contribution < 1.29 is 17.9 Å². The largest absolute Gasteiger partial charge is 0.497 e. The van der Waals surface area contributed by atoms with E-state index in [0.717, 1.165) is 18.4 Å². The Balaban J connectivity index is 0.00000225. The molecule has 5 nitrogen and oxygen atoms in total. The minimum Gasteiger partial charge on any atom is -0.497 e. The Morgan fingerprint density at radius 2 is 1.79 bits per heavy atom. The van der Waals surface area contributed by atoms with Gasteiger partial charge in [0.15, 0.2) is 0 Å². The Morgan fingerprint density at radius 1 is 1.07 bits per heavy atom. The second-order valence-corrected chi connectivity index (χ2v) is 7.23. The fraction of sp³-hybridized carbons (Fsp3) is 0.474. The lowest BCUT2D eigenvalue weighted by Crippen LogP contribution is -2.30. The summed E-state index contributed by atoms with van der Waals surface area (Å²) in [5, 5.41) is 0. The first-order valence-corrected chi connectivity index (χ1v) is 8.86. The molecule has 2 aliphatic heterocycles. The standard InChI is InChI=1S/C19H21F3N4O.ClH/c1-25-9-13-10-26(18-23-8-7-16(24-18)19(20,21)22)11-15(13)17(25)12-3-5-14(27-2)6-4-12;/h3-8,13,15,17H,9-11H2,1-2H3;1H/t13-,15+,17-;/m0./s1. The number of ether oxygens (including phenoxy) is 1. The molecule has 4 rings (SSSR count). The number of hydrogen-bond donors (Lipinski definition) is 0. The van der Waals surface area contributed by atoms with Gasteiger partial charge in [0.2, 0.25) is 5.95 Å². The zero-order valence-corrected chi connectivity index (χ0v) is 16.4. The number of alkyl halides is 3. The van der Waals surface area contributed by atoms with Crippen molar-refractivity contribution in [1.29, 1.82) is 0 Å². The molecule has 2 fully saturated rings. The molecule has 1 aromatic heterocycles. The summed E-state index contributed by atoms with van der Waals surface area (Å²) >= 11 is 0. The lowest BCUT2D eigenvalue weighted by atomic mass is 9.89. The Morgan fingerprint density at radius 3 is 2.43 bits per heavy atom. The number of anilines is 1. The minimum atomic E-state index is -4.46. The van der Waals surface area contributed by atoms with Crippen LogP contribution in [-0.2, 0) is 6.18 Å². The van der Waals surface area contributed by atoms with E-state index in [0.29, 0.717) is 24.9 Å². The highest BCUT2D eigenvalue weighted by molar-refractivity contribution is 5.85. The smallest absolute Gasteiger partial charge is 0.433 e. The number of rotatable bonds is 3. The molecule has 0 unspecified atom stereocenters. The molecule has 0 saturated carbocycles. The molecule has 9 heteroatoms. The van der Waals surface area contributed by atoms with Crippen molar-refractivity contribution in [3.05, 3.63) is 47.8 Å². The van der Waals surface area contributed by atoms with Crippen LogP contribution >= 0.6 is 12.4 Å². The van der Waals surface area contributed by atoms with Gasteiger partial charge in [-0.1, -0.05) is 12.1 Å². The highest BCUT2D eigenvalue weighted by Gasteiger charge is 2.47. The summed E-state index contributed by atoms with van der Waals surface area (Å²) in [6.07, 6.45) is -3.27. The molecule has 0 aliphatic carbocycles. The van der Waals surface area contributed by atoms with E-state index in [2.05, 4.69) is 34.0 Å². The van der Waals surface area contributed by atoms with Gasteiger partial charge in [0.1, 0.15) is 11.4 Å². The predicted molar refractivity (Wildman–Crippen MR) is 102 cm³/mol. The van der Waals surface area contributed by atoms with Gasteiger partial charge < -0.3 is 9.64 Å². The number of fused-ring (bicyclic) bond motifs is 1. The average Bonchev–Trinajstić information content (AvgIpc) is 3.18. The monoisotopic (exact) mass is 414 g/mol. The van der Waals surface area contributed by atoms with Gasteiger partial charge in [-0.05, 0) is 36.7 Å². The van der Waals surface area contributed by atoms with E-state index in [1.54, 1.807) is 7.11 Å². The van der Waals surface area contributed by atoms with Crippen LogP contribution in [0.3, 0.4) is 0 Å². The van der Waals surface area contributed by atoms with Crippen LogP contribution in [0.4, 0.5) is 19.1 Å². The predicted octanol–water partition coefficient (Wildman–Crippen LogP) is 3.66. The molecule has 0 spiro atoms. The van der Waals surface area contributed by atoms with Crippen LogP contribution < -0.4 is 9.64 Å². The van der Waals surface area contributed by atoms with Gasteiger partial charge in [-0.25, -0.2) is 9.97 Å². The highest BCUT2D eigenvalue weighted by Crippen LogP contribution is 2.45. The van der Waals surface area contributed by atoms with E-state index in [9.17, 15) is 13.2 Å². The van der Waals surface area contributed by atoms with Crippen molar-refractivity contribution in [2.24, 2.45) is 11.8 Å². The third kappa shape index (κ3) is 3.75. The molecule has 3 atom stereocenters. The van der Waals surface area contributed by atoms with Crippen LogP contribution in [0.1, 0.15) is 17.3 Å². The van der Waals surface area contributed by atoms with Gasteiger partial charge in [0.25, 0.3) is 0 Å². The average molecular weight is 415 g/mol. The van der Waals surface area contributed by atoms with Crippen LogP contribution in [0.2, 0.25) is 0 Å². The van der Waals surface area contributed by atoms with Crippen LogP contribution in [0.25, 0.3) is 0 Å². The highest BCUT2D eigenvalue weighted by atomic mass is 35.5. The minimum absolute atomic E-state index is 0. The van der Waals surface area contributed by atoms with Gasteiger partial charge >= 0.3 is 6.18 Å². The summed E-state index contributed by atoms with van der Waals surface area (Å²) in [4.78, 5) is 12.0. The quantitative estimate of drug-likeness (QED) is 0.766. The van der Waals surface area contributed by atoms with Crippen LogP contribution in [0.5, 0.6) is 5.75 Å². The fourth-order valence-electron chi connectivity index (χ4n) is 4.38. The number of nitrogens with zero attached hydrogens (tertiary/aromatic N) is 4. The molecule has 2 aliphatic rings. The molecule has 1 aromatic carbocycles. The zero-order valence-electron chi connectivity index (χ0n) is 15.6. The van der Waals surface area contributed by atoms with E-state index in [1.165, 1.54) is 11.8 Å². The van der Waals surface area contributed by atoms with Crippen LogP contribution in [0, 0.1) is 11.8 Å². The first-order chi connectivity index (χ1) is 12.9. The Hall–Kier alpha value is -2.06. The Labute approximate surface area is 167 Å². The van der Waals surface area contributed by atoms with E-state index in [4.69, 9.17) is 4.74 Å². The van der Waals surface area contributed by atoms with Crippen molar-refractivity contribution in [2.75, 3.05) is 38.7 Å². The number of methoxy groups -OCH3 is 1. The molecular weight excluding hydrogens is 393 g/mol. The van der Waals surface area contributed by atoms with Crippen LogP contribution in [-0.4, -0.2) is 48.7 Å². The van der Waals surface area contributed by atoms with Gasteiger partial charge in [0.05, 0.1) is 7.11 Å². The molecule has 0 amide bonds. The van der Waals surface area contributed by atoms with Crippen molar-refractivity contribution in [3.8, 4) is 5.75 Å². The second kappa shape index (κ2) is 7.75. The van der Waals surface area contributed by atoms with E-state index in [1.807, 2.05) is 17.0 Å². The molecule has 0 radical (unpaired) electrons. The third-order valence-electron chi connectivity index (χ3n) is 5.57. The number of benzene rings is 1.